The van der Waals surface area contributed by atoms with Gasteiger partial charge in [-0.05, 0) is 30.2 Å². The monoisotopic (exact) mass is 389 g/mol. The van der Waals surface area contributed by atoms with Crippen LogP contribution in [0.1, 0.15) is 22.3 Å². The van der Waals surface area contributed by atoms with E-state index in [0.29, 0.717) is 39.0 Å². The number of pyridine rings is 1. The number of aryl methyl sites for hydroxylation is 1. The van der Waals surface area contributed by atoms with Crippen molar-refractivity contribution in [1.29, 1.82) is 0 Å². The first-order valence-electron chi connectivity index (χ1n) is 9.04. The number of amides is 2. The molecule has 1 aromatic heterocycles. The van der Waals surface area contributed by atoms with Gasteiger partial charge in [-0.3, -0.25) is 14.6 Å². The minimum atomic E-state index is -3.00. The number of carbonyl (C=O) groups excluding carboxylic acids is 2. The molecule has 0 spiro atoms. The Balaban J connectivity index is 1.53. The molecule has 1 aliphatic heterocycles. The van der Waals surface area contributed by atoms with Gasteiger partial charge in [0.25, 0.3) is 5.91 Å². The lowest BCUT2D eigenvalue weighted by Crippen LogP contribution is -2.50. The summed E-state index contributed by atoms with van der Waals surface area (Å²) in [4.78, 5) is 32.4. The molecule has 1 aliphatic rings. The first-order chi connectivity index (χ1) is 13.5. The normalized spacial score (nSPS) is 14.2. The van der Waals surface area contributed by atoms with Crippen LogP contribution in [0.2, 0.25) is 0 Å². The molecule has 0 radical (unpaired) electrons. The fraction of sp³-hybridized carbons (Fsp3) is 0.350. The zero-order valence-corrected chi connectivity index (χ0v) is 15.3. The number of alkyl halides is 2. The van der Waals surface area contributed by atoms with Crippen molar-refractivity contribution in [2.24, 2.45) is 0 Å². The molecule has 0 bridgehead atoms. The molecule has 148 valence electrons. The zero-order valence-electron chi connectivity index (χ0n) is 15.3. The average Bonchev–Trinajstić information content (AvgIpc) is 2.72. The summed E-state index contributed by atoms with van der Waals surface area (Å²) in [6.45, 7) is -1.48. The number of halogens is 2. The van der Waals surface area contributed by atoms with Crippen molar-refractivity contribution < 1.29 is 23.1 Å². The summed E-state index contributed by atoms with van der Waals surface area (Å²) in [6, 6.07) is 9.70. The zero-order chi connectivity index (χ0) is 19.9. The third-order valence-electron chi connectivity index (χ3n) is 4.60. The Bertz CT molecular complexity index is 809. The Hall–Kier alpha value is -3.03. The summed E-state index contributed by atoms with van der Waals surface area (Å²) in [5, 5.41) is 0. The smallest absolute Gasteiger partial charge is 0.387 e. The van der Waals surface area contributed by atoms with Crippen LogP contribution >= 0.6 is 0 Å². The molecular formula is C20H21F2N3O3. The van der Waals surface area contributed by atoms with E-state index in [4.69, 9.17) is 0 Å². The molecule has 0 aliphatic carbocycles. The third-order valence-corrected chi connectivity index (χ3v) is 4.60. The van der Waals surface area contributed by atoms with Crippen LogP contribution in [-0.4, -0.2) is 59.4 Å². The van der Waals surface area contributed by atoms with Crippen LogP contribution in [0.25, 0.3) is 0 Å². The molecule has 6 nitrogen and oxygen atoms in total. The van der Waals surface area contributed by atoms with Gasteiger partial charge in [-0.25, -0.2) is 0 Å². The number of hydrogen-bond acceptors (Lipinski definition) is 4. The fourth-order valence-electron chi connectivity index (χ4n) is 3.13. The predicted molar refractivity (Wildman–Crippen MR) is 98.1 cm³/mol. The second-order valence-electron chi connectivity index (χ2n) is 6.41. The Morgan fingerprint density at radius 3 is 2.43 bits per heavy atom. The van der Waals surface area contributed by atoms with Gasteiger partial charge in [0, 0.05) is 45.0 Å². The molecule has 28 heavy (non-hydrogen) atoms. The van der Waals surface area contributed by atoms with E-state index in [1.807, 2.05) is 12.1 Å². The van der Waals surface area contributed by atoms with Gasteiger partial charge in [0.2, 0.25) is 5.91 Å². The molecule has 1 saturated heterocycles. The molecule has 1 fully saturated rings. The van der Waals surface area contributed by atoms with Crippen LogP contribution in [0, 0.1) is 0 Å². The molecule has 0 atom stereocenters. The van der Waals surface area contributed by atoms with Gasteiger partial charge >= 0.3 is 6.61 Å². The Morgan fingerprint density at radius 2 is 1.75 bits per heavy atom. The van der Waals surface area contributed by atoms with Crippen molar-refractivity contribution in [3.05, 3.63) is 59.9 Å². The highest BCUT2D eigenvalue weighted by Crippen LogP contribution is 2.22. The number of piperazine rings is 1. The highest BCUT2D eigenvalue weighted by Gasteiger charge is 2.26. The molecule has 8 heteroatoms. The Morgan fingerprint density at radius 1 is 1.04 bits per heavy atom. The van der Waals surface area contributed by atoms with Crippen LogP contribution in [0.15, 0.2) is 48.8 Å². The van der Waals surface area contributed by atoms with Gasteiger partial charge < -0.3 is 14.5 Å². The Kier molecular flexibility index (Phi) is 6.52. The van der Waals surface area contributed by atoms with E-state index in [1.54, 1.807) is 28.3 Å². The van der Waals surface area contributed by atoms with E-state index in [2.05, 4.69) is 9.72 Å². The number of para-hydroxylation sites is 1. The van der Waals surface area contributed by atoms with Gasteiger partial charge in [-0.15, -0.1) is 0 Å². The maximum atomic E-state index is 12.7. The number of rotatable bonds is 6. The fourth-order valence-corrected chi connectivity index (χ4v) is 3.13. The number of carbonyl (C=O) groups is 2. The summed E-state index contributed by atoms with van der Waals surface area (Å²) < 4.78 is 29.5. The highest BCUT2D eigenvalue weighted by molar-refractivity contribution is 5.97. The molecule has 2 amide bonds. The van der Waals surface area contributed by atoms with Gasteiger partial charge in [0.1, 0.15) is 5.75 Å². The first kappa shape index (κ1) is 19.7. The van der Waals surface area contributed by atoms with Crippen molar-refractivity contribution in [3.8, 4) is 5.75 Å². The van der Waals surface area contributed by atoms with Gasteiger partial charge in [-0.1, -0.05) is 18.2 Å². The molecule has 0 unspecified atom stereocenters. The number of benzene rings is 1. The maximum Gasteiger partial charge on any atom is 0.387 e. The highest BCUT2D eigenvalue weighted by atomic mass is 19.3. The van der Waals surface area contributed by atoms with Crippen molar-refractivity contribution in [2.75, 3.05) is 26.2 Å². The van der Waals surface area contributed by atoms with Crippen molar-refractivity contribution in [1.82, 2.24) is 14.8 Å². The van der Waals surface area contributed by atoms with Crippen LogP contribution in [0.5, 0.6) is 5.75 Å². The number of hydrogen-bond donors (Lipinski definition) is 0. The standard InChI is InChI=1S/C20H21F2N3O3/c21-20(22)28-17-6-2-1-5-16(17)19(27)25-12-10-24(11-13-25)18(26)8-7-15-4-3-9-23-14-15/h1-6,9,14,20H,7-8,10-13H2. The van der Waals surface area contributed by atoms with Gasteiger partial charge in [-0.2, -0.15) is 8.78 Å². The van der Waals surface area contributed by atoms with Crippen molar-refractivity contribution >= 4 is 11.8 Å². The summed E-state index contributed by atoms with van der Waals surface area (Å²) in [5.74, 6) is -0.492. The lowest BCUT2D eigenvalue weighted by molar-refractivity contribution is -0.132. The van der Waals surface area contributed by atoms with Gasteiger partial charge in [0.05, 0.1) is 5.56 Å². The summed E-state index contributed by atoms with van der Waals surface area (Å²) >= 11 is 0. The van der Waals surface area contributed by atoms with E-state index >= 15 is 0 Å². The molecule has 2 aromatic rings. The molecule has 0 saturated carbocycles. The molecular weight excluding hydrogens is 368 g/mol. The first-order valence-corrected chi connectivity index (χ1v) is 9.04. The quantitative estimate of drug-likeness (QED) is 0.762. The largest absolute Gasteiger partial charge is 0.434 e. The topological polar surface area (TPSA) is 62.7 Å². The van der Waals surface area contributed by atoms with Crippen molar-refractivity contribution in [3.63, 3.8) is 0 Å². The van der Waals surface area contributed by atoms with Crippen LogP contribution in [-0.2, 0) is 11.2 Å². The average molecular weight is 389 g/mol. The third kappa shape index (κ3) is 5.03. The van der Waals surface area contributed by atoms with E-state index in [1.165, 1.54) is 18.2 Å². The number of ether oxygens (including phenoxy) is 1. The lowest BCUT2D eigenvalue weighted by Gasteiger charge is -2.35. The Labute approximate surface area is 161 Å². The molecule has 3 rings (SSSR count). The minimum absolute atomic E-state index is 0.0254. The summed E-state index contributed by atoms with van der Waals surface area (Å²) in [6.07, 6.45) is 4.42. The second kappa shape index (κ2) is 9.25. The van der Waals surface area contributed by atoms with Crippen LogP contribution in [0.3, 0.4) is 0 Å². The predicted octanol–water partition coefficient (Wildman–Crippen LogP) is 2.60. The van der Waals surface area contributed by atoms with Crippen molar-refractivity contribution in [2.45, 2.75) is 19.5 Å². The second-order valence-corrected chi connectivity index (χ2v) is 6.41. The van der Waals surface area contributed by atoms with E-state index in [9.17, 15) is 18.4 Å². The van der Waals surface area contributed by atoms with Crippen LogP contribution < -0.4 is 4.74 Å². The number of aromatic nitrogens is 1. The molecule has 0 N–H and O–H groups in total. The number of nitrogens with zero attached hydrogens (tertiary/aromatic N) is 3. The van der Waals surface area contributed by atoms with E-state index in [-0.39, 0.29) is 23.1 Å². The molecule has 1 aromatic carbocycles. The summed E-state index contributed by atoms with van der Waals surface area (Å²) in [7, 11) is 0. The maximum absolute atomic E-state index is 12.7. The SMILES string of the molecule is O=C(CCc1cccnc1)N1CCN(C(=O)c2ccccc2OC(F)F)CC1. The van der Waals surface area contributed by atoms with E-state index < -0.39 is 6.61 Å². The van der Waals surface area contributed by atoms with E-state index in [0.717, 1.165) is 5.56 Å². The van der Waals surface area contributed by atoms with Gasteiger partial charge in [0.15, 0.2) is 0 Å². The minimum Gasteiger partial charge on any atom is -0.434 e. The van der Waals surface area contributed by atoms with Crippen LogP contribution in [0.4, 0.5) is 8.78 Å². The molecule has 2 heterocycles. The lowest BCUT2D eigenvalue weighted by atomic mass is 10.1. The summed E-state index contributed by atoms with van der Waals surface area (Å²) in [5.41, 5.74) is 1.10.